The normalized spacial score (nSPS) is 12.1. The molecule has 4 nitrogen and oxygen atoms in total. The lowest BCUT2D eigenvalue weighted by Gasteiger charge is -2.14. The van der Waals surface area contributed by atoms with Gasteiger partial charge >= 0.3 is 0 Å². The van der Waals surface area contributed by atoms with E-state index < -0.39 is 0 Å². The Kier molecular flexibility index (Phi) is 7.36. The molecule has 0 saturated heterocycles. The third-order valence-corrected chi connectivity index (χ3v) is 13.5. The van der Waals surface area contributed by atoms with Crippen LogP contribution < -0.4 is 0 Å². The number of aromatic nitrogens is 3. The van der Waals surface area contributed by atoms with Crippen molar-refractivity contribution in [2.45, 2.75) is 0 Å². The predicted molar refractivity (Wildman–Crippen MR) is 268 cm³/mol. The molecule has 0 aliphatic carbocycles. The lowest BCUT2D eigenvalue weighted by Crippen LogP contribution is -1.97. The maximum atomic E-state index is 6.73. The number of furan rings is 1. The van der Waals surface area contributed by atoms with Crippen LogP contribution in [0, 0.1) is 0 Å². The second-order valence-electron chi connectivity index (χ2n) is 16.8. The van der Waals surface area contributed by atoms with Gasteiger partial charge in [-0.05, 0) is 101 Å². The Balaban J connectivity index is 0.987. The van der Waals surface area contributed by atoms with Crippen molar-refractivity contribution < 1.29 is 4.42 Å². The second-order valence-corrected chi connectivity index (χ2v) is 16.8. The molecule has 0 spiro atoms. The molecule has 14 aromatic rings. The van der Waals surface area contributed by atoms with Gasteiger partial charge in [-0.15, -0.1) is 0 Å². The number of rotatable bonds is 5. The lowest BCUT2D eigenvalue weighted by atomic mass is 9.92. The van der Waals surface area contributed by atoms with Gasteiger partial charge in [-0.1, -0.05) is 146 Å². The van der Waals surface area contributed by atoms with Crippen molar-refractivity contribution in [3.63, 3.8) is 0 Å². The average molecular weight is 816 g/mol. The Morgan fingerprint density at radius 1 is 0.266 bits per heavy atom. The van der Waals surface area contributed by atoms with Crippen LogP contribution in [0.2, 0.25) is 0 Å². The summed E-state index contributed by atoms with van der Waals surface area (Å²) in [6.07, 6.45) is 0. The quantitative estimate of drug-likeness (QED) is 0.170. The van der Waals surface area contributed by atoms with Crippen molar-refractivity contribution in [3.8, 4) is 39.3 Å². The smallest absolute Gasteiger partial charge is 0.137 e. The van der Waals surface area contributed by atoms with Gasteiger partial charge in [0.25, 0.3) is 0 Å². The first-order valence-corrected chi connectivity index (χ1v) is 21.9. The summed E-state index contributed by atoms with van der Waals surface area (Å²) in [6.45, 7) is 0. The Morgan fingerprint density at radius 3 is 1.28 bits per heavy atom. The summed E-state index contributed by atoms with van der Waals surface area (Å²) in [5, 5.41) is 9.59. The minimum atomic E-state index is 0.866. The topological polar surface area (TPSA) is 27.9 Å². The molecule has 0 bridgehead atoms. The number of fused-ring (bicyclic) bond motifs is 12. The number of para-hydroxylation sites is 4. The van der Waals surface area contributed by atoms with Crippen LogP contribution in [0.5, 0.6) is 0 Å². The molecule has 4 aromatic heterocycles. The SMILES string of the molecule is c1ccc(-c2ccccc2-c2cccc3oc4cccc(-n5c6ccccc6c6cc(-n7c8ccccc8c8cc(-n9c%10ccccc%10c%10ccccc%109)ccc87)ccc65)c4c23)cc1. The maximum Gasteiger partial charge on any atom is 0.137 e. The molecule has 0 aliphatic heterocycles. The van der Waals surface area contributed by atoms with Crippen LogP contribution in [0.15, 0.2) is 229 Å². The van der Waals surface area contributed by atoms with Crippen LogP contribution >= 0.6 is 0 Å². The number of hydrogen-bond acceptors (Lipinski definition) is 1. The third-order valence-electron chi connectivity index (χ3n) is 13.5. The third kappa shape index (κ3) is 4.93. The summed E-state index contributed by atoms with van der Waals surface area (Å²) in [6, 6.07) is 81.3. The number of hydrogen-bond donors (Lipinski definition) is 0. The van der Waals surface area contributed by atoms with E-state index in [2.05, 4.69) is 238 Å². The molecule has 0 fully saturated rings. The zero-order valence-electron chi connectivity index (χ0n) is 34.6. The Hall–Kier alpha value is -8.60. The molecule has 10 aromatic carbocycles. The van der Waals surface area contributed by atoms with E-state index in [4.69, 9.17) is 4.42 Å². The molecule has 0 aliphatic rings. The zero-order chi connectivity index (χ0) is 41.9. The fourth-order valence-corrected chi connectivity index (χ4v) is 10.8. The van der Waals surface area contributed by atoms with E-state index in [0.29, 0.717) is 0 Å². The number of benzene rings is 10. The van der Waals surface area contributed by atoms with Gasteiger partial charge in [-0.25, -0.2) is 0 Å². The molecule has 4 heteroatoms. The molecule has 14 rings (SSSR count). The van der Waals surface area contributed by atoms with Crippen LogP contribution in [-0.4, -0.2) is 13.7 Å². The van der Waals surface area contributed by atoms with Crippen molar-refractivity contribution >= 4 is 87.4 Å². The zero-order valence-corrected chi connectivity index (χ0v) is 34.6. The predicted octanol–water partition coefficient (Wildman–Crippen LogP) is 16.2. The van der Waals surface area contributed by atoms with Crippen LogP contribution in [-0.2, 0) is 0 Å². The molecule has 64 heavy (non-hydrogen) atoms. The molecule has 4 heterocycles. The Labute approximate surface area is 367 Å². The molecule has 0 amide bonds. The second kappa shape index (κ2) is 13.4. The molecular weight excluding hydrogens is 779 g/mol. The van der Waals surface area contributed by atoms with Gasteiger partial charge in [0.1, 0.15) is 11.2 Å². The summed E-state index contributed by atoms with van der Waals surface area (Å²) >= 11 is 0. The summed E-state index contributed by atoms with van der Waals surface area (Å²) in [7, 11) is 0. The molecule has 0 saturated carbocycles. The van der Waals surface area contributed by atoms with Crippen LogP contribution in [0.25, 0.3) is 127 Å². The van der Waals surface area contributed by atoms with Crippen molar-refractivity contribution in [3.05, 3.63) is 224 Å². The Bertz CT molecular complexity index is 4140. The highest BCUT2D eigenvalue weighted by Crippen LogP contribution is 2.45. The standard InChI is InChI=1S/C60H37N3O/c1-2-16-38(17-3-1)41-18-4-5-19-42(41)47-24-14-30-57-59(47)60-56(29-15-31-58(60)64-57)63-53-28-13-9-23-46(53)49-37-40(33-35-55(49)63)62-52-27-12-8-22-45(52)48-36-39(32-34-54(48)62)61-50-25-10-6-20-43(50)44-21-7-11-26-51(44)61/h1-37H. The van der Waals surface area contributed by atoms with Crippen molar-refractivity contribution in [1.29, 1.82) is 0 Å². The van der Waals surface area contributed by atoms with Gasteiger partial charge in [0, 0.05) is 49.1 Å². The van der Waals surface area contributed by atoms with E-state index in [9.17, 15) is 0 Å². The summed E-state index contributed by atoms with van der Waals surface area (Å²) in [5.41, 5.74) is 16.9. The van der Waals surface area contributed by atoms with Gasteiger partial charge in [0.15, 0.2) is 0 Å². The molecule has 0 N–H and O–H groups in total. The fraction of sp³-hybridized carbons (Fsp3) is 0. The van der Waals surface area contributed by atoms with Crippen molar-refractivity contribution in [1.82, 2.24) is 13.7 Å². The highest BCUT2D eigenvalue weighted by atomic mass is 16.3. The van der Waals surface area contributed by atoms with Crippen LogP contribution in [0.3, 0.4) is 0 Å². The lowest BCUT2D eigenvalue weighted by molar-refractivity contribution is 0.669. The van der Waals surface area contributed by atoms with Gasteiger partial charge in [-0.2, -0.15) is 0 Å². The number of nitrogens with zero attached hydrogens (tertiary/aromatic N) is 3. The van der Waals surface area contributed by atoms with E-state index in [0.717, 1.165) is 55.6 Å². The van der Waals surface area contributed by atoms with Gasteiger partial charge in [0.2, 0.25) is 0 Å². The molecule has 0 unspecified atom stereocenters. The van der Waals surface area contributed by atoms with E-state index in [1.165, 1.54) is 71.1 Å². The molecular formula is C60H37N3O. The van der Waals surface area contributed by atoms with Crippen LogP contribution in [0.1, 0.15) is 0 Å². The molecule has 298 valence electrons. The highest BCUT2D eigenvalue weighted by molar-refractivity contribution is 6.19. The fourth-order valence-electron chi connectivity index (χ4n) is 10.8. The van der Waals surface area contributed by atoms with E-state index in [1.807, 2.05) is 0 Å². The maximum absolute atomic E-state index is 6.73. The summed E-state index contributed by atoms with van der Waals surface area (Å²) in [5.74, 6) is 0. The molecule has 0 radical (unpaired) electrons. The van der Waals surface area contributed by atoms with E-state index in [-0.39, 0.29) is 0 Å². The van der Waals surface area contributed by atoms with Gasteiger partial charge < -0.3 is 18.1 Å². The van der Waals surface area contributed by atoms with E-state index >= 15 is 0 Å². The van der Waals surface area contributed by atoms with Gasteiger partial charge in [-0.3, -0.25) is 0 Å². The average Bonchev–Trinajstić information content (AvgIpc) is 4.10. The first-order chi connectivity index (χ1) is 31.8. The highest BCUT2D eigenvalue weighted by Gasteiger charge is 2.22. The van der Waals surface area contributed by atoms with Crippen LogP contribution in [0.4, 0.5) is 0 Å². The van der Waals surface area contributed by atoms with Crippen molar-refractivity contribution in [2.75, 3.05) is 0 Å². The summed E-state index contributed by atoms with van der Waals surface area (Å²) in [4.78, 5) is 0. The van der Waals surface area contributed by atoms with E-state index in [1.54, 1.807) is 0 Å². The first-order valence-electron chi connectivity index (χ1n) is 21.9. The monoisotopic (exact) mass is 815 g/mol. The largest absolute Gasteiger partial charge is 0.456 e. The van der Waals surface area contributed by atoms with Gasteiger partial charge in [0.05, 0.1) is 44.2 Å². The first kappa shape index (κ1) is 35.0. The minimum Gasteiger partial charge on any atom is -0.456 e. The minimum absolute atomic E-state index is 0.866. The van der Waals surface area contributed by atoms with Crippen molar-refractivity contribution in [2.24, 2.45) is 0 Å². The summed E-state index contributed by atoms with van der Waals surface area (Å²) < 4.78 is 14.0. The molecule has 0 atom stereocenters. The Morgan fingerprint density at radius 2 is 0.688 bits per heavy atom.